The molecule has 21 heavy (non-hydrogen) atoms. The molecule has 0 heterocycles. The largest absolute Gasteiger partial charge is 0.384 e. The first kappa shape index (κ1) is 13.1. The highest BCUT2D eigenvalue weighted by atomic mass is 14.7. The Morgan fingerprint density at radius 1 is 0.667 bits per heavy atom. The third-order valence-electron chi connectivity index (χ3n) is 3.50. The molecule has 3 rings (SSSR count). The molecular weight excluding hydrogens is 256 g/mol. The second-order valence-electron chi connectivity index (χ2n) is 4.91. The van der Waals surface area contributed by atoms with E-state index in [4.69, 9.17) is 11.1 Å². The maximum atomic E-state index is 7.78. The number of hydrogen-bond donors (Lipinski definition) is 2. The fraction of sp³-hybridized carbons (Fsp3) is 0. The molecule has 0 aliphatic heterocycles. The summed E-state index contributed by atoms with van der Waals surface area (Å²) in [5.74, 6) is 0.0912. The number of hydrogen-bond acceptors (Lipinski definition) is 1. The van der Waals surface area contributed by atoms with Gasteiger partial charge < -0.3 is 5.73 Å². The zero-order valence-electron chi connectivity index (χ0n) is 11.6. The summed E-state index contributed by atoms with van der Waals surface area (Å²) in [5, 5.41) is 7.78. The molecule has 0 atom stereocenters. The Morgan fingerprint density at radius 2 is 1.24 bits per heavy atom. The Morgan fingerprint density at radius 3 is 1.81 bits per heavy atom. The monoisotopic (exact) mass is 272 g/mol. The number of rotatable bonds is 3. The van der Waals surface area contributed by atoms with Crippen LogP contribution in [0.5, 0.6) is 0 Å². The van der Waals surface area contributed by atoms with Gasteiger partial charge in [-0.25, -0.2) is 0 Å². The standard InChI is InChI=1S/C19H16N2/c20-19(21)17-12-11-16(14-7-3-1-4-8-14)13-18(17)15-9-5-2-6-10-15/h1-13H,(H3,20,21). The topological polar surface area (TPSA) is 49.9 Å². The van der Waals surface area contributed by atoms with Gasteiger partial charge in [0.15, 0.2) is 0 Å². The fourth-order valence-electron chi connectivity index (χ4n) is 2.45. The summed E-state index contributed by atoms with van der Waals surface area (Å²) in [5.41, 5.74) is 10.8. The van der Waals surface area contributed by atoms with E-state index in [0.29, 0.717) is 0 Å². The Balaban J connectivity index is 2.18. The van der Waals surface area contributed by atoms with Crippen LogP contribution in [0.3, 0.4) is 0 Å². The SMILES string of the molecule is N=C(N)c1ccc(-c2ccccc2)cc1-c1ccccc1. The van der Waals surface area contributed by atoms with Crippen molar-refractivity contribution in [1.82, 2.24) is 0 Å². The first-order chi connectivity index (χ1) is 10.3. The summed E-state index contributed by atoms with van der Waals surface area (Å²) in [6.07, 6.45) is 0. The van der Waals surface area contributed by atoms with Gasteiger partial charge in [0.1, 0.15) is 5.84 Å². The van der Waals surface area contributed by atoms with E-state index in [1.165, 1.54) is 0 Å². The molecule has 102 valence electrons. The molecule has 0 aliphatic carbocycles. The molecule has 0 fully saturated rings. The van der Waals surface area contributed by atoms with Crippen molar-refractivity contribution < 1.29 is 0 Å². The van der Waals surface area contributed by atoms with Crippen LogP contribution in [-0.4, -0.2) is 5.84 Å². The van der Waals surface area contributed by atoms with Gasteiger partial charge in [-0.3, -0.25) is 5.41 Å². The van der Waals surface area contributed by atoms with E-state index in [9.17, 15) is 0 Å². The molecule has 3 aromatic rings. The first-order valence-corrected chi connectivity index (χ1v) is 6.85. The Labute approximate surface area is 124 Å². The fourth-order valence-corrected chi connectivity index (χ4v) is 2.45. The van der Waals surface area contributed by atoms with Gasteiger partial charge >= 0.3 is 0 Å². The molecule has 0 unspecified atom stereocenters. The predicted molar refractivity (Wildman–Crippen MR) is 88.3 cm³/mol. The van der Waals surface area contributed by atoms with Crippen molar-refractivity contribution >= 4 is 5.84 Å². The molecule has 3 aromatic carbocycles. The minimum absolute atomic E-state index is 0.0912. The van der Waals surface area contributed by atoms with Gasteiger partial charge in [0.25, 0.3) is 0 Å². The number of amidine groups is 1. The van der Waals surface area contributed by atoms with Crippen LogP contribution in [0.25, 0.3) is 22.3 Å². The quantitative estimate of drug-likeness (QED) is 0.542. The number of nitrogen functional groups attached to an aromatic ring is 1. The lowest BCUT2D eigenvalue weighted by Gasteiger charge is -2.11. The molecule has 2 nitrogen and oxygen atoms in total. The second kappa shape index (κ2) is 5.63. The average molecular weight is 272 g/mol. The normalized spacial score (nSPS) is 10.3. The Hall–Kier alpha value is -2.87. The van der Waals surface area contributed by atoms with Gasteiger partial charge in [-0.05, 0) is 28.3 Å². The molecule has 0 saturated carbocycles. The van der Waals surface area contributed by atoms with Crippen LogP contribution in [0.15, 0.2) is 78.9 Å². The molecule has 0 spiro atoms. The highest BCUT2D eigenvalue weighted by Crippen LogP contribution is 2.29. The molecule has 0 saturated heterocycles. The lowest BCUT2D eigenvalue weighted by molar-refractivity contribution is 1.42. The zero-order chi connectivity index (χ0) is 14.7. The molecule has 0 bridgehead atoms. The first-order valence-electron chi connectivity index (χ1n) is 6.85. The highest BCUT2D eigenvalue weighted by molar-refractivity contribution is 6.02. The molecule has 0 radical (unpaired) electrons. The van der Waals surface area contributed by atoms with Crippen molar-refractivity contribution in [2.75, 3.05) is 0 Å². The minimum atomic E-state index is 0.0912. The van der Waals surface area contributed by atoms with Crippen LogP contribution in [0.1, 0.15) is 5.56 Å². The summed E-state index contributed by atoms with van der Waals surface area (Å²) in [4.78, 5) is 0. The zero-order valence-corrected chi connectivity index (χ0v) is 11.6. The van der Waals surface area contributed by atoms with E-state index < -0.39 is 0 Å². The minimum Gasteiger partial charge on any atom is -0.384 e. The third-order valence-corrected chi connectivity index (χ3v) is 3.50. The van der Waals surface area contributed by atoms with E-state index in [2.05, 4.69) is 18.2 Å². The van der Waals surface area contributed by atoms with Crippen LogP contribution in [0.4, 0.5) is 0 Å². The lowest BCUT2D eigenvalue weighted by atomic mass is 9.94. The summed E-state index contributed by atoms with van der Waals surface area (Å²) in [6.45, 7) is 0. The van der Waals surface area contributed by atoms with E-state index in [1.807, 2.05) is 60.7 Å². The molecule has 0 aliphatic rings. The maximum absolute atomic E-state index is 7.78. The second-order valence-corrected chi connectivity index (χ2v) is 4.91. The number of nitrogens with two attached hydrogens (primary N) is 1. The summed E-state index contributed by atoms with van der Waals surface area (Å²) >= 11 is 0. The summed E-state index contributed by atoms with van der Waals surface area (Å²) in [6, 6.07) is 26.3. The van der Waals surface area contributed by atoms with Gasteiger partial charge in [0, 0.05) is 5.56 Å². The van der Waals surface area contributed by atoms with Crippen molar-refractivity contribution in [2.45, 2.75) is 0 Å². The van der Waals surface area contributed by atoms with Gasteiger partial charge in [0.05, 0.1) is 0 Å². The van der Waals surface area contributed by atoms with Crippen LogP contribution >= 0.6 is 0 Å². The average Bonchev–Trinajstić information content (AvgIpc) is 2.56. The van der Waals surface area contributed by atoms with E-state index in [0.717, 1.165) is 27.8 Å². The van der Waals surface area contributed by atoms with E-state index >= 15 is 0 Å². The van der Waals surface area contributed by atoms with Crippen molar-refractivity contribution in [3.05, 3.63) is 84.4 Å². The molecule has 2 heteroatoms. The van der Waals surface area contributed by atoms with Gasteiger partial charge in [-0.2, -0.15) is 0 Å². The van der Waals surface area contributed by atoms with E-state index in [1.54, 1.807) is 0 Å². The van der Waals surface area contributed by atoms with Crippen LogP contribution in [0.2, 0.25) is 0 Å². The van der Waals surface area contributed by atoms with Crippen molar-refractivity contribution in [1.29, 1.82) is 5.41 Å². The third kappa shape index (κ3) is 2.70. The molecule has 0 amide bonds. The summed E-state index contributed by atoms with van der Waals surface area (Å²) < 4.78 is 0. The van der Waals surface area contributed by atoms with Crippen LogP contribution in [0, 0.1) is 5.41 Å². The molecule has 0 aromatic heterocycles. The molecular formula is C19H16N2. The van der Waals surface area contributed by atoms with Crippen molar-refractivity contribution in [3.63, 3.8) is 0 Å². The Bertz CT molecular complexity index is 762. The predicted octanol–water partition coefficient (Wildman–Crippen LogP) is 4.30. The lowest BCUT2D eigenvalue weighted by Crippen LogP contribution is -2.12. The Kier molecular flexibility index (Phi) is 3.52. The van der Waals surface area contributed by atoms with Crippen molar-refractivity contribution in [2.24, 2.45) is 5.73 Å². The van der Waals surface area contributed by atoms with Gasteiger partial charge in [0.2, 0.25) is 0 Å². The van der Waals surface area contributed by atoms with E-state index in [-0.39, 0.29) is 5.84 Å². The van der Waals surface area contributed by atoms with Gasteiger partial charge in [-0.1, -0.05) is 72.8 Å². The van der Waals surface area contributed by atoms with Crippen LogP contribution < -0.4 is 5.73 Å². The van der Waals surface area contributed by atoms with Gasteiger partial charge in [-0.15, -0.1) is 0 Å². The number of benzene rings is 3. The highest BCUT2D eigenvalue weighted by Gasteiger charge is 2.09. The molecule has 3 N–H and O–H groups in total. The smallest absolute Gasteiger partial charge is 0.123 e. The van der Waals surface area contributed by atoms with Crippen molar-refractivity contribution in [3.8, 4) is 22.3 Å². The maximum Gasteiger partial charge on any atom is 0.123 e. The number of nitrogens with one attached hydrogen (secondary N) is 1. The summed E-state index contributed by atoms with van der Waals surface area (Å²) in [7, 11) is 0. The van der Waals surface area contributed by atoms with Crippen LogP contribution in [-0.2, 0) is 0 Å².